The van der Waals surface area contributed by atoms with Crippen LogP contribution in [0.25, 0.3) is 11.0 Å². The molecule has 1 aliphatic heterocycles. The molecule has 3 heterocycles. The van der Waals surface area contributed by atoms with Gasteiger partial charge in [0.1, 0.15) is 11.1 Å². The minimum atomic E-state index is -3.85. The maximum absolute atomic E-state index is 13.0. The zero-order valence-electron chi connectivity index (χ0n) is 16.8. The van der Waals surface area contributed by atoms with Crippen LogP contribution in [0, 0.1) is 11.3 Å². The molecule has 0 fully saturated rings. The van der Waals surface area contributed by atoms with Crippen molar-refractivity contribution in [2.75, 3.05) is 21.9 Å². The van der Waals surface area contributed by atoms with E-state index in [4.69, 9.17) is 10.7 Å². The predicted molar refractivity (Wildman–Crippen MR) is 125 cm³/mol. The van der Waals surface area contributed by atoms with Crippen LogP contribution >= 0.6 is 11.3 Å². The zero-order chi connectivity index (χ0) is 22.3. The molecule has 0 spiro atoms. The number of rotatable bonds is 4. The van der Waals surface area contributed by atoms with Crippen molar-refractivity contribution >= 4 is 49.0 Å². The first-order valence-electron chi connectivity index (χ1n) is 9.86. The summed E-state index contributed by atoms with van der Waals surface area (Å²) in [5, 5.41) is 9.92. The van der Waals surface area contributed by atoms with E-state index < -0.39 is 10.0 Å². The standard InChI is InChI=1S/C22H18N6O2S2/c23-12-16-15-10-11-28(13-19(15)31-20(16)24)22-21(25-17-8-4-5-9-18(17)26-22)27-32(29,30)14-6-2-1-3-7-14/h1-9H,10-11,13,24H2,(H,25,27). The lowest BCUT2D eigenvalue weighted by molar-refractivity contribution is 0.601. The molecule has 2 aromatic heterocycles. The van der Waals surface area contributed by atoms with Crippen molar-refractivity contribution in [2.24, 2.45) is 0 Å². The Morgan fingerprint density at radius 3 is 2.47 bits per heavy atom. The van der Waals surface area contributed by atoms with Crippen LogP contribution in [-0.4, -0.2) is 24.9 Å². The number of nitrogens with one attached hydrogen (secondary N) is 1. The molecular weight excluding hydrogens is 444 g/mol. The third-order valence-corrected chi connectivity index (χ3v) is 7.73. The molecule has 0 atom stereocenters. The first-order valence-corrected chi connectivity index (χ1v) is 12.2. The van der Waals surface area contributed by atoms with E-state index in [0.29, 0.717) is 46.9 Å². The van der Waals surface area contributed by atoms with Gasteiger partial charge in [0.15, 0.2) is 11.6 Å². The largest absolute Gasteiger partial charge is 0.389 e. The molecule has 0 unspecified atom stereocenters. The van der Waals surface area contributed by atoms with Crippen LogP contribution < -0.4 is 15.4 Å². The Morgan fingerprint density at radius 2 is 1.75 bits per heavy atom. The van der Waals surface area contributed by atoms with E-state index in [1.54, 1.807) is 24.3 Å². The third-order valence-electron chi connectivity index (χ3n) is 5.33. The first kappa shape index (κ1) is 20.2. The number of hydrogen-bond donors (Lipinski definition) is 2. The Labute approximate surface area is 189 Å². The average Bonchev–Trinajstić information content (AvgIpc) is 3.13. The number of benzene rings is 2. The number of nitrogens with zero attached hydrogens (tertiary/aromatic N) is 4. The van der Waals surface area contributed by atoms with E-state index in [1.165, 1.54) is 23.5 Å². The fourth-order valence-corrected chi connectivity index (χ4v) is 5.90. The maximum Gasteiger partial charge on any atom is 0.263 e. The Balaban J connectivity index is 1.59. The van der Waals surface area contributed by atoms with Crippen LogP contribution in [0.15, 0.2) is 59.5 Å². The maximum atomic E-state index is 13.0. The highest BCUT2D eigenvalue weighted by molar-refractivity contribution is 7.92. The number of fused-ring (bicyclic) bond motifs is 2. The monoisotopic (exact) mass is 462 g/mol. The van der Waals surface area contributed by atoms with Crippen molar-refractivity contribution in [1.29, 1.82) is 5.26 Å². The van der Waals surface area contributed by atoms with Gasteiger partial charge in [-0.2, -0.15) is 5.26 Å². The topological polar surface area (TPSA) is 125 Å². The number of thiophene rings is 1. The van der Waals surface area contributed by atoms with Crippen LogP contribution in [-0.2, 0) is 23.0 Å². The summed E-state index contributed by atoms with van der Waals surface area (Å²) in [4.78, 5) is 12.4. The second-order valence-corrected chi connectivity index (χ2v) is 10.1. The van der Waals surface area contributed by atoms with E-state index in [-0.39, 0.29) is 10.7 Å². The summed E-state index contributed by atoms with van der Waals surface area (Å²) in [5.41, 5.74) is 8.79. The minimum Gasteiger partial charge on any atom is -0.389 e. The average molecular weight is 463 g/mol. The van der Waals surface area contributed by atoms with Crippen molar-refractivity contribution in [3.05, 3.63) is 70.6 Å². The van der Waals surface area contributed by atoms with Gasteiger partial charge in [-0.15, -0.1) is 11.3 Å². The Kier molecular flexibility index (Phi) is 4.92. The predicted octanol–water partition coefficient (Wildman–Crippen LogP) is 3.51. The second-order valence-electron chi connectivity index (χ2n) is 7.33. The summed E-state index contributed by atoms with van der Waals surface area (Å²) in [5.74, 6) is 0.611. The Bertz CT molecular complexity index is 1480. The van der Waals surface area contributed by atoms with E-state index >= 15 is 0 Å². The molecule has 5 rings (SSSR count). The highest BCUT2D eigenvalue weighted by Crippen LogP contribution is 2.37. The van der Waals surface area contributed by atoms with Crippen molar-refractivity contribution < 1.29 is 8.42 Å². The van der Waals surface area contributed by atoms with Gasteiger partial charge in [0, 0.05) is 11.4 Å². The van der Waals surface area contributed by atoms with Crippen molar-refractivity contribution in [2.45, 2.75) is 17.9 Å². The van der Waals surface area contributed by atoms with Crippen LogP contribution in [0.3, 0.4) is 0 Å². The molecule has 1 aliphatic rings. The number of anilines is 3. The molecule has 160 valence electrons. The minimum absolute atomic E-state index is 0.145. The zero-order valence-corrected chi connectivity index (χ0v) is 18.4. The fraction of sp³-hybridized carbons (Fsp3) is 0.136. The number of nitrogens with two attached hydrogens (primary N) is 1. The van der Waals surface area contributed by atoms with Crippen LogP contribution in [0.4, 0.5) is 16.6 Å². The summed E-state index contributed by atoms with van der Waals surface area (Å²) in [6, 6.07) is 17.7. The Morgan fingerprint density at radius 1 is 1.06 bits per heavy atom. The number of para-hydroxylation sites is 2. The molecule has 0 amide bonds. The van der Waals surface area contributed by atoms with Crippen LogP contribution in [0.5, 0.6) is 0 Å². The lowest BCUT2D eigenvalue weighted by Gasteiger charge is -2.29. The van der Waals surface area contributed by atoms with Gasteiger partial charge in [-0.3, -0.25) is 4.72 Å². The molecule has 8 nitrogen and oxygen atoms in total. The van der Waals surface area contributed by atoms with Gasteiger partial charge in [-0.05, 0) is 36.2 Å². The molecule has 4 aromatic rings. The van der Waals surface area contributed by atoms with Crippen molar-refractivity contribution in [3.63, 3.8) is 0 Å². The van der Waals surface area contributed by atoms with Crippen LogP contribution in [0.1, 0.15) is 16.0 Å². The molecular formula is C22H18N6O2S2. The second kappa shape index (κ2) is 7.78. The van der Waals surface area contributed by atoms with Crippen LogP contribution in [0.2, 0.25) is 0 Å². The third kappa shape index (κ3) is 3.51. The molecule has 2 aromatic carbocycles. The van der Waals surface area contributed by atoms with Gasteiger partial charge in [-0.25, -0.2) is 18.4 Å². The highest BCUT2D eigenvalue weighted by atomic mass is 32.2. The molecule has 0 bridgehead atoms. The highest BCUT2D eigenvalue weighted by Gasteiger charge is 2.28. The first-order chi connectivity index (χ1) is 15.5. The SMILES string of the molecule is N#Cc1c(N)sc2c1CCN(c1nc3ccccc3nc1NS(=O)(=O)c1ccccc1)C2. The summed E-state index contributed by atoms with van der Waals surface area (Å²) >= 11 is 1.39. The number of nitrogen functional groups attached to an aromatic ring is 1. The van der Waals surface area contributed by atoms with Gasteiger partial charge < -0.3 is 10.6 Å². The number of sulfonamides is 1. The van der Waals surface area contributed by atoms with E-state index in [9.17, 15) is 13.7 Å². The van der Waals surface area contributed by atoms with E-state index in [2.05, 4.69) is 15.8 Å². The molecule has 32 heavy (non-hydrogen) atoms. The van der Waals surface area contributed by atoms with Gasteiger partial charge >= 0.3 is 0 Å². The number of aromatic nitrogens is 2. The number of hydrogen-bond acceptors (Lipinski definition) is 8. The molecule has 10 heteroatoms. The summed E-state index contributed by atoms with van der Waals surface area (Å²) in [7, 11) is -3.85. The van der Waals surface area contributed by atoms with Gasteiger partial charge in [0.05, 0.1) is 28.0 Å². The number of nitriles is 1. The summed E-state index contributed by atoms with van der Waals surface area (Å²) in [6.45, 7) is 1.03. The van der Waals surface area contributed by atoms with Crippen molar-refractivity contribution in [1.82, 2.24) is 9.97 Å². The van der Waals surface area contributed by atoms with E-state index in [1.807, 2.05) is 23.1 Å². The smallest absolute Gasteiger partial charge is 0.263 e. The van der Waals surface area contributed by atoms with Crippen molar-refractivity contribution in [3.8, 4) is 6.07 Å². The molecule has 0 radical (unpaired) electrons. The quantitative estimate of drug-likeness (QED) is 0.475. The Hall–Kier alpha value is -3.68. The normalized spacial score (nSPS) is 13.5. The summed E-state index contributed by atoms with van der Waals surface area (Å²) < 4.78 is 28.6. The summed E-state index contributed by atoms with van der Waals surface area (Å²) in [6.07, 6.45) is 0.616. The van der Waals surface area contributed by atoms with E-state index in [0.717, 1.165) is 10.4 Å². The van der Waals surface area contributed by atoms with Gasteiger partial charge in [0.2, 0.25) is 0 Å². The lowest BCUT2D eigenvalue weighted by Crippen LogP contribution is -2.32. The molecule has 0 saturated heterocycles. The molecule has 0 aliphatic carbocycles. The molecule has 3 N–H and O–H groups in total. The lowest BCUT2D eigenvalue weighted by atomic mass is 10.0. The van der Waals surface area contributed by atoms with Gasteiger partial charge in [-0.1, -0.05) is 30.3 Å². The fourth-order valence-electron chi connectivity index (χ4n) is 3.79. The molecule has 0 saturated carbocycles. The van der Waals surface area contributed by atoms with Gasteiger partial charge in [0.25, 0.3) is 10.0 Å².